The highest BCUT2D eigenvalue weighted by atomic mass is 15.1. The maximum atomic E-state index is 2.52. The van der Waals surface area contributed by atoms with Crippen LogP contribution in [-0.4, -0.2) is 0 Å². The van der Waals surface area contributed by atoms with Crippen LogP contribution in [-0.2, 0) is 0 Å². The van der Waals surface area contributed by atoms with Crippen LogP contribution in [0.4, 0.5) is 17.1 Å². The van der Waals surface area contributed by atoms with Crippen molar-refractivity contribution in [1.29, 1.82) is 0 Å². The summed E-state index contributed by atoms with van der Waals surface area (Å²) in [5.41, 5.74) is 13.0. The molecule has 0 bridgehead atoms. The van der Waals surface area contributed by atoms with Crippen molar-refractivity contribution >= 4 is 70.9 Å². The zero-order valence-electron chi connectivity index (χ0n) is 34.6. The van der Waals surface area contributed by atoms with Crippen LogP contribution in [0.2, 0.25) is 0 Å². The number of hydrogen-bond donors (Lipinski definition) is 0. The summed E-state index contributed by atoms with van der Waals surface area (Å²) in [6.07, 6.45) is 0. The van der Waals surface area contributed by atoms with Crippen LogP contribution >= 0.6 is 0 Å². The first-order valence-corrected chi connectivity index (χ1v) is 21.8. The summed E-state index contributed by atoms with van der Waals surface area (Å²) in [4.78, 5) is 2.52. The SMILES string of the molecule is c1ccc(-c2ccc(N(c3ccccc3-c3ccc4c(c3)c(-c3ccccc3)c(-c3ccccc3)c3ccccc34)c3cccc4c3ccc3ccccc34)c3ccccc23)cc1. The van der Waals surface area contributed by atoms with E-state index < -0.39 is 0 Å². The highest BCUT2D eigenvalue weighted by Gasteiger charge is 2.24. The summed E-state index contributed by atoms with van der Waals surface area (Å²) in [5, 5.41) is 12.3. The van der Waals surface area contributed by atoms with Crippen molar-refractivity contribution in [1.82, 2.24) is 0 Å². The van der Waals surface area contributed by atoms with Crippen molar-refractivity contribution in [3.8, 4) is 44.5 Å². The van der Waals surface area contributed by atoms with Crippen molar-refractivity contribution in [2.75, 3.05) is 4.90 Å². The van der Waals surface area contributed by atoms with E-state index in [1.807, 2.05) is 0 Å². The number of para-hydroxylation sites is 1. The van der Waals surface area contributed by atoms with Crippen molar-refractivity contribution in [2.45, 2.75) is 0 Å². The van der Waals surface area contributed by atoms with Gasteiger partial charge in [0.2, 0.25) is 0 Å². The molecular formula is C62H41N. The molecule has 0 saturated heterocycles. The zero-order valence-corrected chi connectivity index (χ0v) is 34.6. The predicted molar refractivity (Wildman–Crippen MR) is 270 cm³/mol. The lowest BCUT2D eigenvalue weighted by Gasteiger charge is -2.31. The van der Waals surface area contributed by atoms with Gasteiger partial charge in [0.1, 0.15) is 0 Å². The molecule has 1 heteroatoms. The summed E-state index contributed by atoms with van der Waals surface area (Å²) < 4.78 is 0. The van der Waals surface area contributed by atoms with Gasteiger partial charge in [0, 0.05) is 16.3 Å². The molecule has 0 heterocycles. The average molecular weight is 800 g/mol. The van der Waals surface area contributed by atoms with E-state index in [0.29, 0.717) is 0 Å². The first kappa shape index (κ1) is 36.6. The molecule has 0 aliphatic heterocycles. The second-order valence-electron chi connectivity index (χ2n) is 16.3. The number of hydrogen-bond acceptors (Lipinski definition) is 1. The van der Waals surface area contributed by atoms with E-state index in [1.165, 1.54) is 87.2 Å². The van der Waals surface area contributed by atoms with Gasteiger partial charge in [0.05, 0.1) is 17.1 Å². The zero-order chi connectivity index (χ0) is 41.7. The third-order valence-electron chi connectivity index (χ3n) is 12.8. The van der Waals surface area contributed by atoms with Crippen molar-refractivity contribution in [2.24, 2.45) is 0 Å². The molecule has 12 aromatic rings. The van der Waals surface area contributed by atoms with Crippen molar-refractivity contribution in [3.63, 3.8) is 0 Å². The molecule has 12 aromatic carbocycles. The monoisotopic (exact) mass is 799 g/mol. The smallest absolute Gasteiger partial charge is 0.0540 e. The molecule has 12 rings (SSSR count). The molecule has 0 aliphatic rings. The normalized spacial score (nSPS) is 11.5. The van der Waals surface area contributed by atoms with Gasteiger partial charge in [-0.25, -0.2) is 0 Å². The van der Waals surface area contributed by atoms with E-state index in [9.17, 15) is 0 Å². The van der Waals surface area contributed by atoms with Crippen LogP contribution in [0, 0.1) is 0 Å². The third kappa shape index (κ3) is 6.17. The van der Waals surface area contributed by atoms with E-state index in [4.69, 9.17) is 0 Å². The maximum absolute atomic E-state index is 2.52. The molecule has 0 atom stereocenters. The summed E-state index contributed by atoms with van der Waals surface area (Å²) >= 11 is 0. The molecule has 0 spiro atoms. The Hall–Kier alpha value is -8.26. The van der Waals surface area contributed by atoms with Gasteiger partial charge in [-0.1, -0.05) is 224 Å². The highest BCUT2D eigenvalue weighted by molar-refractivity contribution is 6.22. The van der Waals surface area contributed by atoms with E-state index >= 15 is 0 Å². The summed E-state index contributed by atoms with van der Waals surface area (Å²) in [5.74, 6) is 0. The number of anilines is 3. The number of benzene rings is 12. The molecule has 1 nitrogen and oxygen atoms in total. The first-order valence-electron chi connectivity index (χ1n) is 21.8. The molecule has 0 aromatic heterocycles. The van der Waals surface area contributed by atoms with E-state index in [2.05, 4.69) is 254 Å². The minimum absolute atomic E-state index is 1.11. The Morgan fingerprint density at radius 1 is 0.206 bits per heavy atom. The van der Waals surface area contributed by atoms with E-state index in [0.717, 1.165) is 28.2 Å². The largest absolute Gasteiger partial charge is 0.309 e. The van der Waals surface area contributed by atoms with Crippen LogP contribution < -0.4 is 4.90 Å². The topological polar surface area (TPSA) is 3.24 Å². The molecule has 63 heavy (non-hydrogen) atoms. The quantitative estimate of drug-likeness (QED) is 0.145. The maximum Gasteiger partial charge on any atom is 0.0540 e. The summed E-state index contributed by atoms with van der Waals surface area (Å²) in [6.45, 7) is 0. The summed E-state index contributed by atoms with van der Waals surface area (Å²) in [6, 6.07) is 91.2. The van der Waals surface area contributed by atoms with E-state index in [1.54, 1.807) is 0 Å². The molecule has 294 valence electrons. The van der Waals surface area contributed by atoms with Gasteiger partial charge in [-0.15, -0.1) is 0 Å². The van der Waals surface area contributed by atoms with Gasteiger partial charge in [-0.3, -0.25) is 0 Å². The third-order valence-corrected chi connectivity index (χ3v) is 12.8. The van der Waals surface area contributed by atoms with Gasteiger partial charge in [0.15, 0.2) is 0 Å². The summed E-state index contributed by atoms with van der Waals surface area (Å²) in [7, 11) is 0. The fourth-order valence-electron chi connectivity index (χ4n) is 10.0. The van der Waals surface area contributed by atoms with Crippen molar-refractivity contribution in [3.05, 3.63) is 249 Å². The molecule has 0 aliphatic carbocycles. The van der Waals surface area contributed by atoms with Crippen LogP contribution in [0.5, 0.6) is 0 Å². The molecule has 0 fully saturated rings. The second-order valence-corrected chi connectivity index (χ2v) is 16.3. The lowest BCUT2D eigenvalue weighted by atomic mass is 9.84. The average Bonchev–Trinajstić information content (AvgIpc) is 3.37. The minimum atomic E-state index is 1.11. The minimum Gasteiger partial charge on any atom is -0.309 e. The van der Waals surface area contributed by atoms with Gasteiger partial charge in [0.25, 0.3) is 0 Å². The number of rotatable bonds is 7. The fourth-order valence-corrected chi connectivity index (χ4v) is 10.0. The predicted octanol–water partition coefficient (Wildman–Crippen LogP) is 17.6. The van der Waals surface area contributed by atoms with Crippen LogP contribution in [0.15, 0.2) is 249 Å². The molecular weight excluding hydrogens is 759 g/mol. The van der Waals surface area contributed by atoms with Gasteiger partial charge < -0.3 is 4.90 Å². The Bertz CT molecular complexity index is 3670. The van der Waals surface area contributed by atoms with Gasteiger partial charge in [-0.05, 0) is 106 Å². The van der Waals surface area contributed by atoms with Crippen molar-refractivity contribution < 1.29 is 0 Å². The standard InChI is InChI=1S/C62H41N/c1-4-19-42(20-5-1)48-39-40-60(54-30-14-12-28-50(48)54)63(59-34-18-32-51-47-26-11-10-21-43(47)35-38-55(51)59)58-33-17-16-27-49(58)46-36-37-53-52-29-13-15-31-56(52)61(44-22-6-2-7-23-44)62(57(53)41-46)45-24-8-3-9-25-45/h1-41H. The Kier molecular flexibility index (Phi) is 8.90. The van der Waals surface area contributed by atoms with E-state index in [-0.39, 0.29) is 0 Å². The number of fused-ring (bicyclic) bond motifs is 7. The molecule has 0 saturated carbocycles. The van der Waals surface area contributed by atoms with Gasteiger partial charge in [-0.2, -0.15) is 0 Å². The lowest BCUT2D eigenvalue weighted by Crippen LogP contribution is -2.12. The van der Waals surface area contributed by atoms with Crippen LogP contribution in [0.25, 0.3) is 98.4 Å². The Labute approximate surface area is 367 Å². The lowest BCUT2D eigenvalue weighted by molar-refractivity contribution is 1.31. The van der Waals surface area contributed by atoms with Crippen LogP contribution in [0.1, 0.15) is 0 Å². The molecule has 0 unspecified atom stereocenters. The Morgan fingerprint density at radius 3 is 1.43 bits per heavy atom. The highest BCUT2D eigenvalue weighted by Crippen LogP contribution is 2.50. The fraction of sp³-hybridized carbons (Fsp3) is 0. The Balaban J connectivity index is 1.16. The Morgan fingerprint density at radius 2 is 0.683 bits per heavy atom. The molecule has 0 amide bonds. The van der Waals surface area contributed by atoms with Crippen LogP contribution in [0.3, 0.4) is 0 Å². The molecule has 0 radical (unpaired) electrons. The second kappa shape index (κ2) is 15.3. The first-order chi connectivity index (χ1) is 31.3. The molecule has 0 N–H and O–H groups in total. The van der Waals surface area contributed by atoms with Gasteiger partial charge >= 0.3 is 0 Å². The number of nitrogens with zero attached hydrogens (tertiary/aromatic N) is 1.